The van der Waals surface area contributed by atoms with E-state index in [-0.39, 0.29) is 30.6 Å². The summed E-state index contributed by atoms with van der Waals surface area (Å²) in [5.41, 5.74) is 13.2. The fraction of sp³-hybridized carbons (Fsp3) is 0.435. The largest absolute Gasteiger partial charge is 0.397 e. The lowest BCUT2D eigenvalue weighted by Crippen LogP contribution is -2.45. The number of nitrogens with one attached hydrogen (secondary N) is 2. The van der Waals surface area contributed by atoms with Gasteiger partial charge in [-0.25, -0.2) is 0 Å². The Labute approximate surface area is 331 Å². The minimum atomic E-state index is -0.497. The van der Waals surface area contributed by atoms with Gasteiger partial charge in [-0.1, -0.05) is 78.9 Å². The number of nitrogen functional groups attached to an aromatic ring is 1. The van der Waals surface area contributed by atoms with E-state index in [1.807, 2.05) is 36.4 Å². The predicted molar refractivity (Wildman–Crippen MR) is 220 cm³/mol. The highest BCUT2D eigenvalue weighted by molar-refractivity contribution is 5.93. The Morgan fingerprint density at radius 2 is 1.50 bits per heavy atom. The number of nitrogens with two attached hydrogens (primary N) is 1. The number of aliphatic hydroxyl groups excluding tert-OH is 1. The summed E-state index contributed by atoms with van der Waals surface area (Å²) in [5, 5.41) is 15.5. The van der Waals surface area contributed by atoms with Crippen LogP contribution in [-0.4, -0.2) is 71.6 Å². The zero-order chi connectivity index (χ0) is 38.7. The van der Waals surface area contributed by atoms with Crippen LogP contribution in [0, 0.1) is 0 Å². The average molecular weight is 760 g/mol. The van der Waals surface area contributed by atoms with Crippen molar-refractivity contribution < 1.29 is 24.2 Å². The number of carbonyl (C=O) groups excluding carboxylic acids is 2. The Hall–Kier alpha value is -4.58. The summed E-state index contributed by atoms with van der Waals surface area (Å²) in [6.07, 6.45) is 7.25. The van der Waals surface area contributed by atoms with Crippen LogP contribution < -0.4 is 16.4 Å². The van der Waals surface area contributed by atoms with Crippen molar-refractivity contribution in [3.63, 3.8) is 0 Å². The van der Waals surface area contributed by atoms with Crippen LogP contribution in [-0.2, 0) is 32.2 Å². The van der Waals surface area contributed by atoms with E-state index in [1.165, 1.54) is 38.8 Å². The number of amides is 2. The van der Waals surface area contributed by atoms with Gasteiger partial charge in [-0.3, -0.25) is 14.5 Å². The van der Waals surface area contributed by atoms with E-state index in [2.05, 4.69) is 69.0 Å². The van der Waals surface area contributed by atoms with Crippen LogP contribution in [0.5, 0.6) is 0 Å². The molecule has 3 saturated heterocycles. The molecule has 4 atom stereocenters. The normalized spacial score (nSPS) is 21.6. The first-order valence-electron chi connectivity index (χ1n) is 20.5. The van der Waals surface area contributed by atoms with Crippen molar-refractivity contribution in [3.8, 4) is 11.1 Å². The van der Waals surface area contributed by atoms with Gasteiger partial charge in [0.05, 0.1) is 30.2 Å². The smallest absolute Gasteiger partial charge is 0.224 e. The topological polar surface area (TPSA) is 129 Å². The van der Waals surface area contributed by atoms with Crippen molar-refractivity contribution >= 4 is 23.2 Å². The van der Waals surface area contributed by atoms with E-state index < -0.39 is 6.29 Å². The van der Waals surface area contributed by atoms with E-state index in [9.17, 15) is 14.7 Å². The van der Waals surface area contributed by atoms with Crippen LogP contribution in [0.4, 0.5) is 11.4 Å². The molecule has 7 rings (SSSR count). The minimum Gasteiger partial charge on any atom is -0.397 e. The van der Waals surface area contributed by atoms with E-state index >= 15 is 0 Å². The van der Waals surface area contributed by atoms with Gasteiger partial charge in [0.1, 0.15) is 0 Å². The summed E-state index contributed by atoms with van der Waals surface area (Å²) in [4.78, 5) is 30.2. The van der Waals surface area contributed by atoms with Crippen LogP contribution in [0.3, 0.4) is 0 Å². The number of benzene rings is 4. The maximum atomic E-state index is 12.6. The van der Waals surface area contributed by atoms with Crippen molar-refractivity contribution in [1.29, 1.82) is 0 Å². The van der Waals surface area contributed by atoms with Gasteiger partial charge in [0.2, 0.25) is 11.8 Å². The lowest BCUT2D eigenvalue weighted by atomic mass is 9.98. The van der Waals surface area contributed by atoms with Crippen molar-refractivity contribution in [2.75, 3.05) is 43.8 Å². The molecule has 10 heteroatoms. The number of rotatable bonds is 16. The molecule has 0 aliphatic carbocycles. The lowest BCUT2D eigenvalue weighted by Gasteiger charge is -2.39. The average Bonchev–Trinajstić information content (AvgIpc) is 3.92. The summed E-state index contributed by atoms with van der Waals surface area (Å²) in [7, 11) is 0. The van der Waals surface area contributed by atoms with Gasteiger partial charge in [0.15, 0.2) is 6.29 Å². The molecular weight excluding hydrogens is 703 g/mol. The van der Waals surface area contributed by atoms with Crippen molar-refractivity contribution in [3.05, 3.63) is 119 Å². The second-order valence-electron chi connectivity index (χ2n) is 15.6. The summed E-state index contributed by atoms with van der Waals surface area (Å²) in [6, 6.07) is 32.5. The third-order valence-electron chi connectivity index (χ3n) is 11.4. The van der Waals surface area contributed by atoms with Gasteiger partial charge >= 0.3 is 0 Å². The molecule has 4 aromatic carbocycles. The Balaban J connectivity index is 0.933. The molecule has 0 spiro atoms. The van der Waals surface area contributed by atoms with E-state index in [0.717, 1.165) is 59.4 Å². The first-order chi connectivity index (χ1) is 27.4. The molecule has 296 valence electrons. The number of para-hydroxylation sites is 2. The van der Waals surface area contributed by atoms with Crippen molar-refractivity contribution in [2.24, 2.45) is 0 Å². The van der Waals surface area contributed by atoms with Gasteiger partial charge in [-0.15, -0.1) is 0 Å². The number of carbonyl (C=O) groups is 2. The molecule has 10 nitrogen and oxygen atoms in total. The number of likely N-dealkylation sites (tertiary alicyclic amines) is 2. The molecule has 3 aliphatic rings. The number of anilines is 2. The first-order valence-corrected chi connectivity index (χ1v) is 20.5. The second kappa shape index (κ2) is 19.5. The number of nitrogens with zero attached hydrogens (tertiary/aromatic N) is 2. The zero-order valence-corrected chi connectivity index (χ0v) is 32.4. The van der Waals surface area contributed by atoms with Crippen LogP contribution in [0.25, 0.3) is 11.1 Å². The molecule has 5 N–H and O–H groups in total. The molecular formula is C46H57N5O5. The first kappa shape index (κ1) is 39.6. The fourth-order valence-electron chi connectivity index (χ4n) is 8.28. The molecule has 3 aliphatic heterocycles. The highest BCUT2D eigenvalue weighted by Crippen LogP contribution is 2.39. The molecule has 2 amide bonds. The molecule has 0 radical (unpaired) electrons. The molecule has 0 unspecified atom stereocenters. The number of hydrogen-bond acceptors (Lipinski definition) is 8. The van der Waals surface area contributed by atoms with Crippen LogP contribution >= 0.6 is 0 Å². The summed E-state index contributed by atoms with van der Waals surface area (Å²) < 4.78 is 13.4. The number of hydrogen-bond donors (Lipinski definition) is 4. The zero-order valence-electron chi connectivity index (χ0n) is 32.4. The summed E-state index contributed by atoms with van der Waals surface area (Å²) in [5.74, 6) is -0.142. The molecule has 3 fully saturated rings. The Morgan fingerprint density at radius 3 is 2.27 bits per heavy atom. The maximum Gasteiger partial charge on any atom is 0.224 e. The predicted octanol–water partition coefficient (Wildman–Crippen LogP) is 7.35. The van der Waals surface area contributed by atoms with E-state index in [1.54, 1.807) is 12.1 Å². The molecule has 56 heavy (non-hydrogen) atoms. The Bertz CT molecular complexity index is 1880. The maximum absolute atomic E-state index is 12.6. The highest BCUT2D eigenvalue weighted by atomic mass is 16.7. The standard InChI is InChI=1S/C46H57N5O5/c47-41-12-1-2-13-42(41)49-45(54)15-4-3-14-44(53)48-29-34-9-7-10-38(27-34)35-20-22-37(23-21-35)46-55-40(28-43(56-46)36-18-16-33(32-52)17-19-36)31-51-26-8-11-39(51)30-50-24-5-6-25-50/h1-2,7,9-10,12-13,16-23,27,39-40,43,46,52H,3-6,8,11,14-15,24-26,28-32,47H2,(H,48,53)(H,49,54)/t39-,40+,43-,46-/m0/s1. The summed E-state index contributed by atoms with van der Waals surface area (Å²) in [6.45, 7) is 6.06. The molecule has 0 bridgehead atoms. The minimum absolute atomic E-state index is 0.0208. The van der Waals surface area contributed by atoms with Crippen LogP contribution in [0.15, 0.2) is 97.1 Å². The monoisotopic (exact) mass is 759 g/mol. The van der Waals surface area contributed by atoms with Gasteiger partial charge in [-0.2, -0.15) is 0 Å². The van der Waals surface area contributed by atoms with Crippen LogP contribution in [0.2, 0.25) is 0 Å². The Morgan fingerprint density at radius 1 is 0.750 bits per heavy atom. The third-order valence-corrected chi connectivity index (χ3v) is 11.4. The SMILES string of the molecule is Nc1ccccc1NC(=O)CCCCC(=O)NCc1cccc(-c2ccc([C@H]3O[C@@H](CN4CCC[C@H]4CN4CCCC4)C[C@@H](c4ccc(CO)cc4)O3)cc2)c1. The summed E-state index contributed by atoms with van der Waals surface area (Å²) >= 11 is 0. The molecule has 0 aromatic heterocycles. The van der Waals surface area contributed by atoms with E-state index in [4.69, 9.17) is 15.2 Å². The fourth-order valence-corrected chi connectivity index (χ4v) is 8.28. The van der Waals surface area contributed by atoms with Gasteiger partial charge in [0, 0.05) is 50.5 Å². The second-order valence-corrected chi connectivity index (χ2v) is 15.6. The van der Waals surface area contributed by atoms with Crippen molar-refractivity contribution in [2.45, 2.75) is 95.5 Å². The molecule has 3 heterocycles. The van der Waals surface area contributed by atoms with Crippen LogP contribution in [0.1, 0.15) is 92.4 Å². The highest BCUT2D eigenvalue weighted by Gasteiger charge is 2.36. The van der Waals surface area contributed by atoms with E-state index in [0.29, 0.717) is 49.6 Å². The van der Waals surface area contributed by atoms with Gasteiger partial charge in [0.25, 0.3) is 0 Å². The molecule has 0 saturated carbocycles. The van der Waals surface area contributed by atoms with Gasteiger partial charge in [-0.05, 0) is 104 Å². The van der Waals surface area contributed by atoms with Crippen molar-refractivity contribution in [1.82, 2.24) is 15.1 Å². The number of unbranched alkanes of at least 4 members (excludes halogenated alkanes) is 1. The molecule has 4 aromatic rings. The lowest BCUT2D eigenvalue weighted by molar-refractivity contribution is -0.253. The number of aliphatic hydroxyl groups is 1. The quantitative estimate of drug-likeness (QED) is 0.0690. The number of ether oxygens (including phenoxy) is 2. The third kappa shape index (κ3) is 10.8. The van der Waals surface area contributed by atoms with Gasteiger partial charge < -0.3 is 35.8 Å². The Kier molecular flexibility index (Phi) is 13.8.